The van der Waals surface area contributed by atoms with Gasteiger partial charge < -0.3 is 4.90 Å². The van der Waals surface area contributed by atoms with E-state index in [4.69, 9.17) is 16.7 Å². The lowest BCUT2D eigenvalue weighted by Gasteiger charge is -2.25. The number of benzene rings is 2. The van der Waals surface area contributed by atoms with Crippen molar-refractivity contribution < 1.29 is 9.59 Å². The van der Waals surface area contributed by atoms with Crippen molar-refractivity contribution in [2.24, 2.45) is 0 Å². The molecule has 194 valence electrons. The normalized spacial score (nSPS) is 17.5. The molecular formula is C29H27ClN4O2S2. The minimum Gasteiger partial charge on any atom is -0.341 e. The number of thiophene rings is 1. The number of rotatable bonds is 5. The molecular weight excluding hydrogens is 536 g/mol. The predicted octanol–water partition coefficient (Wildman–Crippen LogP) is 6.35. The molecule has 0 radical (unpaired) electrons. The third-order valence-electron chi connectivity index (χ3n) is 7.08. The molecule has 1 saturated heterocycles. The fourth-order valence-electron chi connectivity index (χ4n) is 5.10. The Hall–Kier alpha value is -3.07. The Kier molecular flexibility index (Phi) is 7.03. The van der Waals surface area contributed by atoms with Gasteiger partial charge in [-0.05, 0) is 66.4 Å². The maximum absolute atomic E-state index is 13.7. The molecule has 38 heavy (non-hydrogen) atoms. The van der Waals surface area contributed by atoms with Crippen molar-refractivity contribution in [3.63, 3.8) is 0 Å². The highest BCUT2D eigenvalue weighted by Gasteiger charge is 2.38. The Morgan fingerprint density at radius 1 is 1.05 bits per heavy atom. The van der Waals surface area contributed by atoms with Crippen molar-refractivity contribution >= 4 is 52.3 Å². The van der Waals surface area contributed by atoms with Crippen LogP contribution in [-0.4, -0.2) is 51.9 Å². The second-order valence-electron chi connectivity index (χ2n) is 9.66. The van der Waals surface area contributed by atoms with E-state index in [1.54, 1.807) is 28.0 Å². The number of hydrogen-bond acceptors (Lipinski definition) is 5. The average molecular weight is 563 g/mol. The van der Waals surface area contributed by atoms with Gasteiger partial charge in [0, 0.05) is 29.2 Å². The van der Waals surface area contributed by atoms with Gasteiger partial charge in [-0.3, -0.25) is 14.5 Å². The molecule has 0 aliphatic carbocycles. The predicted molar refractivity (Wildman–Crippen MR) is 156 cm³/mol. The van der Waals surface area contributed by atoms with E-state index in [-0.39, 0.29) is 29.4 Å². The summed E-state index contributed by atoms with van der Waals surface area (Å²) >= 11 is 9.46. The number of aromatic nitrogens is 2. The Morgan fingerprint density at radius 2 is 1.79 bits per heavy atom. The Labute approximate surface area is 235 Å². The first kappa shape index (κ1) is 25.2. The fraction of sp³-hybridized carbons (Fsp3) is 0.276. The van der Waals surface area contributed by atoms with Gasteiger partial charge in [0.2, 0.25) is 11.8 Å². The minimum atomic E-state index is -0.114. The number of halogens is 1. The molecule has 2 aromatic heterocycles. The van der Waals surface area contributed by atoms with Crippen LogP contribution in [0.15, 0.2) is 65.4 Å². The number of anilines is 1. The number of hydrogen-bond donors (Lipinski definition) is 0. The maximum atomic E-state index is 13.7. The second-order valence-corrected chi connectivity index (χ2v) is 12.0. The van der Waals surface area contributed by atoms with Gasteiger partial charge in [0.05, 0.1) is 22.4 Å². The van der Waals surface area contributed by atoms with Gasteiger partial charge >= 0.3 is 0 Å². The molecule has 2 amide bonds. The fourth-order valence-corrected chi connectivity index (χ4v) is 7.18. The van der Waals surface area contributed by atoms with Crippen molar-refractivity contribution in [3.8, 4) is 16.9 Å². The molecule has 6 rings (SSSR count). The summed E-state index contributed by atoms with van der Waals surface area (Å²) in [6, 6.07) is 17.8. The van der Waals surface area contributed by atoms with Crippen LogP contribution in [0.3, 0.4) is 0 Å². The summed E-state index contributed by atoms with van der Waals surface area (Å²) < 4.78 is 1.85. The van der Waals surface area contributed by atoms with E-state index < -0.39 is 0 Å². The summed E-state index contributed by atoms with van der Waals surface area (Å²) in [5, 5.41) is 9.85. The Balaban J connectivity index is 1.59. The van der Waals surface area contributed by atoms with E-state index in [9.17, 15) is 9.59 Å². The van der Waals surface area contributed by atoms with Gasteiger partial charge in [-0.1, -0.05) is 41.4 Å². The van der Waals surface area contributed by atoms with Crippen molar-refractivity contribution in [1.82, 2.24) is 14.7 Å². The van der Waals surface area contributed by atoms with Crippen molar-refractivity contribution in [2.45, 2.75) is 25.0 Å². The zero-order chi connectivity index (χ0) is 26.2. The zero-order valence-corrected chi connectivity index (χ0v) is 23.4. The largest absolute Gasteiger partial charge is 0.341 e. The first-order valence-corrected chi connectivity index (χ1v) is 15.0. The quantitative estimate of drug-likeness (QED) is 0.284. The van der Waals surface area contributed by atoms with Crippen LogP contribution in [0, 0.1) is 6.92 Å². The SMILES string of the molecule is Cc1ccc(-n2nc(-c3ccc(Cl)cc3)c3c2N(CC(=O)N2CCCC2)C(=O)CS[C@H]3c2ccsc2)cc1. The maximum Gasteiger partial charge on any atom is 0.242 e. The van der Waals surface area contributed by atoms with Crippen LogP contribution >= 0.6 is 34.7 Å². The highest BCUT2D eigenvalue weighted by Crippen LogP contribution is 2.49. The molecule has 0 N–H and O–H groups in total. The van der Waals surface area contributed by atoms with Crippen LogP contribution < -0.4 is 4.90 Å². The highest BCUT2D eigenvalue weighted by molar-refractivity contribution is 8.00. The molecule has 0 bridgehead atoms. The molecule has 6 nitrogen and oxygen atoms in total. The number of carbonyl (C=O) groups excluding carboxylic acids is 2. The van der Waals surface area contributed by atoms with Gasteiger partial charge in [-0.25, -0.2) is 4.68 Å². The van der Waals surface area contributed by atoms with Crippen molar-refractivity contribution in [1.29, 1.82) is 0 Å². The van der Waals surface area contributed by atoms with E-state index in [0.29, 0.717) is 10.8 Å². The monoisotopic (exact) mass is 562 g/mol. The number of carbonyl (C=O) groups is 2. The summed E-state index contributed by atoms with van der Waals surface area (Å²) in [6.07, 6.45) is 2.01. The summed E-state index contributed by atoms with van der Waals surface area (Å²) in [6.45, 7) is 3.53. The average Bonchev–Trinajstić information content (AvgIpc) is 3.69. The smallest absolute Gasteiger partial charge is 0.242 e. The first-order valence-electron chi connectivity index (χ1n) is 12.7. The van der Waals surface area contributed by atoms with E-state index in [1.165, 1.54) is 0 Å². The molecule has 4 aromatic rings. The summed E-state index contributed by atoms with van der Waals surface area (Å²) in [5.41, 5.74) is 5.74. The first-order chi connectivity index (χ1) is 18.5. The number of aryl methyl sites for hydroxylation is 1. The molecule has 1 atom stereocenters. The molecule has 0 unspecified atom stereocenters. The lowest BCUT2D eigenvalue weighted by atomic mass is 10.0. The van der Waals surface area contributed by atoms with Crippen LogP contribution in [0.1, 0.15) is 34.8 Å². The molecule has 2 aromatic carbocycles. The molecule has 0 saturated carbocycles. The third-order valence-corrected chi connectivity index (χ3v) is 9.29. The van der Waals surface area contributed by atoms with Crippen LogP contribution in [0.2, 0.25) is 5.02 Å². The highest BCUT2D eigenvalue weighted by atomic mass is 35.5. The Morgan fingerprint density at radius 3 is 2.47 bits per heavy atom. The minimum absolute atomic E-state index is 0.000360. The number of thioether (sulfide) groups is 1. The van der Waals surface area contributed by atoms with Gasteiger partial charge in [0.15, 0.2) is 0 Å². The van der Waals surface area contributed by atoms with E-state index in [0.717, 1.165) is 59.6 Å². The standard InChI is InChI=1S/C29H27ClN4O2S2/c1-19-4-10-23(11-5-19)34-29-26(27(31-34)20-6-8-22(30)9-7-20)28(21-12-15-37-17-21)38-18-25(36)33(29)16-24(35)32-13-2-3-14-32/h4-12,15,17,28H,2-3,13-14,16,18H2,1H3/t28-/m0/s1. The van der Waals surface area contributed by atoms with Crippen molar-refractivity contribution in [2.75, 3.05) is 30.3 Å². The molecule has 4 heterocycles. The molecule has 0 spiro atoms. The van der Waals surface area contributed by atoms with E-state index in [1.807, 2.05) is 65.0 Å². The molecule has 2 aliphatic rings. The number of amides is 2. The molecule has 1 fully saturated rings. The van der Waals surface area contributed by atoms with Crippen LogP contribution in [0.4, 0.5) is 5.82 Å². The molecule has 9 heteroatoms. The van der Waals surface area contributed by atoms with Crippen LogP contribution in [0.25, 0.3) is 16.9 Å². The van der Waals surface area contributed by atoms with E-state index >= 15 is 0 Å². The van der Waals surface area contributed by atoms with Crippen LogP contribution in [-0.2, 0) is 9.59 Å². The second kappa shape index (κ2) is 10.6. The summed E-state index contributed by atoms with van der Waals surface area (Å²) in [5.74, 6) is 0.830. The lowest BCUT2D eigenvalue weighted by molar-refractivity contribution is -0.130. The van der Waals surface area contributed by atoms with Gasteiger partial charge in [-0.15, -0.1) is 11.8 Å². The lowest BCUT2D eigenvalue weighted by Crippen LogP contribution is -2.43. The Bertz CT molecular complexity index is 1460. The number of nitrogens with zero attached hydrogens (tertiary/aromatic N) is 4. The summed E-state index contributed by atoms with van der Waals surface area (Å²) in [7, 11) is 0. The topological polar surface area (TPSA) is 58.4 Å². The van der Waals surface area contributed by atoms with Gasteiger partial charge in [0.1, 0.15) is 12.4 Å². The third kappa shape index (κ3) is 4.77. The van der Waals surface area contributed by atoms with Crippen LogP contribution in [0.5, 0.6) is 0 Å². The number of likely N-dealkylation sites (tertiary alicyclic amines) is 1. The zero-order valence-electron chi connectivity index (χ0n) is 21.0. The molecule has 2 aliphatic heterocycles. The van der Waals surface area contributed by atoms with Gasteiger partial charge in [0.25, 0.3) is 0 Å². The van der Waals surface area contributed by atoms with Crippen molar-refractivity contribution in [3.05, 3.63) is 87.1 Å². The number of fused-ring (bicyclic) bond motifs is 1. The van der Waals surface area contributed by atoms with E-state index in [2.05, 4.69) is 16.8 Å². The van der Waals surface area contributed by atoms with Gasteiger partial charge in [-0.2, -0.15) is 16.4 Å². The summed E-state index contributed by atoms with van der Waals surface area (Å²) in [4.78, 5) is 30.7.